The van der Waals surface area contributed by atoms with Crippen LogP contribution in [0, 0.1) is 6.92 Å². The zero-order valence-corrected chi connectivity index (χ0v) is 8.21. The van der Waals surface area contributed by atoms with Gasteiger partial charge in [-0.15, -0.1) is 5.10 Å². The lowest BCUT2D eigenvalue weighted by molar-refractivity contribution is 0.881. The SMILES string of the molecule is Cc1ccc(Cl)cc1Nc1nn[nH]n1. The van der Waals surface area contributed by atoms with Crippen LogP contribution >= 0.6 is 11.6 Å². The number of rotatable bonds is 2. The monoisotopic (exact) mass is 209 g/mol. The molecule has 0 fully saturated rings. The minimum Gasteiger partial charge on any atom is -0.321 e. The Bertz CT molecular complexity index is 425. The molecule has 0 aliphatic carbocycles. The van der Waals surface area contributed by atoms with Gasteiger partial charge in [0.2, 0.25) is 0 Å². The summed E-state index contributed by atoms with van der Waals surface area (Å²) in [4.78, 5) is 0. The van der Waals surface area contributed by atoms with E-state index < -0.39 is 0 Å². The average Bonchev–Trinajstić information content (AvgIpc) is 2.64. The first-order valence-corrected chi connectivity index (χ1v) is 4.40. The predicted octanol–water partition coefficient (Wildman–Crippen LogP) is 1.91. The van der Waals surface area contributed by atoms with Crippen molar-refractivity contribution >= 4 is 23.2 Å². The minimum atomic E-state index is 0.426. The molecule has 5 nitrogen and oxygen atoms in total. The number of nitrogens with one attached hydrogen (secondary N) is 2. The molecular formula is C8H8ClN5. The highest BCUT2D eigenvalue weighted by molar-refractivity contribution is 6.30. The van der Waals surface area contributed by atoms with Crippen molar-refractivity contribution in [1.29, 1.82) is 0 Å². The number of nitrogens with zero attached hydrogens (tertiary/aromatic N) is 3. The van der Waals surface area contributed by atoms with Crippen molar-refractivity contribution in [3.05, 3.63) is 28.8 Å². The molecule has 72 valence electrons. The van der Waals surface area contributed by atoms with E-state index in [2.05, 4.69) is 25.9 Å². The number of aromatic amines is 1. The highest BCUT2D eigenvalue weighted by atomic mass is 35.5. The topological polar surface area (TPSA) is 66.5 Å². The van der Waals surface area contributed by atoms with Crippen LogP contribution in [0.4, 0.5) is 11.6 Å². The molecule has 0 saturated heterocycles. The molecule has 0 aliphatic rings. The number of hydrogen-bond acceptors (Lipinski definition) is 4. The zero-order valence-electron chi connectivity index (χ0n) is 7.45. The molecule has 0 aliphatic heterocycles. The van der Waals surface area contributed by atoms with Gasteiger partial charge < -0.3 is 5.32 Å². The van der Waals surface area contributed by atoms with Gasteiger partial charge in [0.1, 0.15) is 0 Å². The van der Waals surface area contributed by atoms with Gasteiger partial charge in [-0.2, -0.15) is 5.21 Å². The lowest BCUT2D eigenvalue weighted by Crippen LogP contribution is -1.94. The number of anilines is 2. The Morgan fingerprint density at radius 3 is 3.00 bits per heavy atom. The van der Waals surface area contributed by atoms with Gasteiger partial charge in [0, 0.05) is 10.7 Å². The molecule has 1 aromatic carbocycles. The van der Waals surface area contributed by atoms with Crippen LogP contribution in [-0.2, 0) is 0 Å². The summed E-state index contributed by atoms with van der Waals surface area (Å²) in [7, 11) is 0. The Kier molecular flexibility index (Phi) is 2.32. The molecule has 14 heavy (non-hydrogen) atoms. The maximum atomic E-state index is 5.85. The summed E-state index contributed by atoms with van der Waals surface area (Å²) < 4.78 is 0. The summed E-state index contributed by atoms with van der Waals surface area (Å²) in [5.74, 6) is 0.426. The summed E-state index contributed by atoms with van der Waals surface area (Å²) in [5.41, 5.74) is 1.94. The molecule has 0 radical (unpaired) electrons. The lowest BCUT2D eigenvalue weighted by Gasteiger charge is -2.05. The Hall–Kier alpha value is -1.62. The third-order valence-corrected chi connectivity index (χ3v) is 2.03. The van der Waals surface area contributed by atoms with Crippen molar-refractivity contribution < 1.29 is 0 Å². The first kappa shape index (κ1) is 8.96. The summed E-state index contributed by atoms with van der Waals surface area (Å²) in [6.45, 7) is 1.97. The van der Waals surface area contributed by atoms with Crippen LogP contribution in [0.25, 0.3) is 0 Å². The Morgan fingerprint density at radius 1 is 1.43 bits per heavy atom. The molecule has 2 rings (SSSR count). The smallest absolute Gasteiger partial charge is 0.267 e. The van der Waals surface area contributed by atoms with Gasteiger partial charge in [0.15, 0.2) is 0 Å². The van der Waals surface area contributed by atoms with E-state index in [1.165, 1.54) is 0 Å². The fraction of sp³-hybridized carbons (Fsp3) is 0.125. The second-order valence-corrected chi connectivity index (χ2v) is 3.26. The van der Waals surface area contributed by atoms with E-state index in [-0.39, 0.29) is 0 Å². The molecule has 0 saturated carbocycles. The standard InChI is InChI=1S/C8H8ClN5/c1-5-2-3-6(9)4-7(5)10-8-11-13-14-12-8/h2-4H,1H3,(H2,10,11,12,13,14). The highest BCUT2D eigenvalue weighted by Crippen LogP contribution is 2.21. The van der Waals surface area contributed by atoms with E-state index in [0.29, 0.717) is 11.0 Å². The van der Waals surface area contributed by atoms with Crippen LogP contribution in [0.1, 0.15) is 5.56 Å². The van der Waals surface area contributed by atoms with E-state index in [0.717, 1.165) is 11.3 Å². The number of H-pyrrole nitrogens is 1. The van der Waals surface area contributed by atoms with Crippen molar-refractivity contribution in [1.82, 2.24) is 20.6 Å². The number of aryl methyl sites for hydroxylation is 1. The van der Waals surface area contributed by atoms with Gasteiger partial charge in [-0.1, -0.05) is 22.8 Å². The molecule has 0 bridgehead atoms. The molecule has 2 N–H and O–H groups in total. The van der Waals surface area contributed by atoms with Crippen LogP contribution in [-0.4, -0.2) is 20.6 Å². The van der Waals surface area contributed by atoms with E-state index in [1.807, 2.05) is 25.1 Å². The lowest BCUT2D eigenvalue weighted by atomic mass is 10.2. The maximum absolute atomic E-state index is 5.85. The molecule has 1 heterocycles. The average molecular weight is 210 g/mol. The third-order valence-electron chi connectivity index (χ3n) is 1.79. The van der Waals surface area contributed by atoms with E-state index in [1.54, 1.807) is 0 Å². The van der Waals surface area contributed by atoms with Crippen LogP contribution in [0.3, 0.4) is 0 Å². The fourth-order valence-corrected chi connectivity index (χ4v) is 1.24. The van der Waals surface area contributed by atoms with Crippen LogP contribution in [0.15, 0.2) is 18.2 Å². The molecule has 1 aromatic heterocycles. The van der Waals surface area contributed by atoms with Gasteiger partial charge in [0.25, 0.3) is 5.95 Å². The maximum Gasteiger partial charge on any atom is 0.267 e. The molecule has 6 heteroatoms. The number of tetrazole rings is 1. The van der Waals surface area contributed by atoms with Gasteiger partial charge >= 0.3 is 0 Å². The predicted molar refractivity (Wildman–Crippen MR) is 53.6 cm³/mol. The third kappa shape index (κ3) is 1.82. The van der Waals surface area contributed by atoms with Gasteiger partial charge in [-0.05, 0) is 29.8 Å². The molecule has 0 amide bonds. The number of aromatic nitrogens is 4. The van der Waals surface area contributed by atoms with Crippen molar-refractivity contribution in [3.63, 3.8) is 0 Å². The minimum absolute atomic E-state index is 0.426. The molecular weight excluding hydrogens is 202 g/mol. The van der Waals surface area contributed by atoms with Crippen LogP contribution in [0.2, 0.25) is 5.02 Å². The van der Waals surface area contributed by atoms with E-state index in [4.69, 9.17) is 11.6 Å². The highest BCUT2D eigenvalue weighted by Gasteiger charge is 2.02. The first-order valence-electron chi connectivity index (χ1n) is 4.02. The van der Waals surface area contributed by atoms with Crippen LogP contribution in [0.5, 0.6) is 0 Å². The molecule has 0 atom stereocenters. The number of benzene rings is 1. The van der Waals surface area contributed by atoms with Crippen molar-refractivity contribution in [2.24, 2.45) is 0 Å². The van der Waals surface area contributed by atoms with Gasteiger partial charge in [0.05, 0.1) is 0 Å². The number of halogens is 1. The van der Waals surface area contributed by atoms with Crippen molar-refractivity contribution in [2.45, 2.75) is 6.92 Å². The Balaban J connectivity index is 2.28. The first-order chi connectivity index (χ1) is 6.75. The van der Waals surface area contributed by atoms with E-state index >= 15 is 0 Å². The van der Waals surface area contributed by atoms with Crippen molar-refractivity contribution in [2.75, 3.05) is 5.32 Å². The second-order valence-electron chi connectivity index (χ2n) is 2.82. The molecule has 2 aromatic rings. The quantitative estimate of drug-likeness (QED) is 0.793. The molecule has 0 unspecified atom stereocenters. The summed E-state index contributed by atoms with van der Waals surface area (Å²) in [5, 5.41) is 17.0. The largest absolute Gasteiger partial charge is 0.321 e. The van der Waals surface area contributed by atoms with Gasteiger partial charge in [-0.25, -0.2) is 0 Å². The fourth-order valence-electron chi connectivity index (χ4n) is 1.06. The second kappa shape index (κ2) is 3.63. The Morgan fingerprint density at radius 2 is 2.29 bits per heavy atom. The zero-order chi connectivity index (χ0) is 9.97. The summed E-state index contributed by atoms with van der Waals surface area (Å²) in [6, 6.07) is 5.57. The normalized spacial score (nSPS) is 10.1. The van der Waals surface area contributed by atoms with Gasteiger partial charge in [-0.3, -0.25) is 0 Å². The number of hydrogen-bond donors (Lipinski definition) is 2. The molecule has 0 spiro atoms. The van der Waals surface area contributed by atoms with E-state index in [9.17, 15) is 0 Å². The van der Waals surface area contributed by atoms with Crippen molar-refractivity contribution in [3.8, 4) is 0 Å². The Labute approximate surface area is 85.5 Å². The summed E-state index contributed by atoms with van der Waals surface area (Å²) >= 11 is 5.85. The summed E-state index contributed by atoms with van der Waals surface area (Å²) in [6.07, 6.45) is 0. The van der Waals surface area contributed by atoms with Crippen LogP contribution < -0.4 is 5.32 Å².